The number of hydrogen-bond donors (Lipinski definition) is 2. The van der Waals surface area contributed by atoms with Gasteiger partial charge in [0.2, 0.25) is 5.91 Å². The summed E-state index contributed by atoms with van der Waals surface area (Å²) in [6.07, 6.45) is 0. The number of aromatic nitrogens is 3. The lowest BCUT2D eigenvalue weighted by molar-refractivity contribution is -0.121. The zero-order valence-corrected chi connectivity index (χ0v) is 15.4. The highest BCUT2D eigenvalue weighted by Crippen LogP contribution is 2.30. The van der Waals surface area contributed by atoms with Crippen LogP contribution in [0.4, 0.5) is 0 Å². The molecule has 0 unspecified atom stereocenters. The monoisotopic (exact) mass is 388 g/mol. The zero-order valence-electron chi connectivity index (χ0n) is 13.7. The first-order chi connectivity index (χ1) is 12.7. The normalized spacial score (nSPS) is 12.8. The van der Waals surface area contributed by atoms with Crippen molar-refractivity contribution in [3.05, 3.63) is 46.0 Å². The van der Waals surface area contributed by atoms with Crippen LogP contribution in [0, 0.1) is 4.77 Å². The van der Waals surface area contributed by atoms with Crippen LogP contribution < -0.4 is 14.8 Å². The summed E-state index contributed by atoms with van der Waals surface area (Å²) in [5, 5.41) is 11.8. The van der Waals surface area contributed by atoms with Gasteiger partial charge >= 0.3 is 0 Å². The number of hydrogen-bond acceptors (Lipinski definition) is 6. The molecule has 26 heavy (non-hydrogen) atoms. The van der Waals surface area contributed by atoms with Crippen molar-refractivity contribution < 1.29 is 14.3 Å². The van der Waals surface area contributed by atoms with Gasteiger partial charge in [-0.2, -0.15) is 5.10 Å². The summed E-state index contributed by atoms with van der Waals surface area (Å²) in [5.74, 6) is 1.96. The molecule has 0 radical (unpaired) electrons. The molecule has 1 aromatic carbocycles. The van der Waals surface area contributed by atoms with E-state index in [4.69, 9.17) is 21.7 Å². The van der Waals surface area contributed by atoms with Crippen LogP contribution in [0.1, 0.15) is 5.56 Å². The number of thiophene rings is 1. The second-order valence-corrected chi connectivity index (χ2v) is 7.00. The lowest BCUT2D eigenvalue weighted by Gasteiger charge is -2.19. The summed E-state index contributed by atoms with van der Waals surface area (Å²) in [6, 6.07) is 9.53. The van der Waals surface area contributed by atoms with E-state index in [9.17, 15) is 4.79 Å². The third kappa shape index (κ3) is 3.49. The SMILES string of the molecule is O=C(Cn1c(-c2cccs2)n[nH]c1=S)NCc1ccc2c(c1)OCCO2. The van der Waals surface area contributed by atoms with Crippen LogP contribution in [-0.4, -0.2) is 33.9 Å². The summed E-state index contributed by atoms with van der Waals surface area (Å²) in [5.41, 5.74) is 0.942. The van der Waals surface area contributed by atoms with Gasteiger partial charge in [-0.05, 0) is 41.4 Å². The van der Waals surface area contributed by atoms with Crippen molar-refractivity contribution in [2.45, 2.75) is 13.1 Å². The van der Waals surface area contributed by atoms with E-state index in [2.05, 4.69) is 15.5 Å². The number of amides is 1. The molecule has 2 N–H and O–H groups in total. The van der Waals surface area contributed by atoms with E-state index in [0.29, 0.717) is 36.1 Å². The molecule has 1 aliphatic heterocycles. The minimum absolute atomic E-state index is 0.104. The second-order valence-electron chi connectivity index (χ2n) is 5.67. The van der Waals surface area contributed by atoms with Gasteiger partial charge in [0.05, 0.1) is 4.88 Å². The van der Waals surface area contributed by atoms with E-state index in [-0.39, 0.29) is 12.5 Å². The molecule has 9 heteroatoms. The summed E-state index contributed by atoms with van der Waals surface area (Å²) in [4.78, 5) is 13.3. The van der Waals surface area contributed by atoms with E-state index < -0.39 is 0 Å². The highest BCUT2D eigenvalue weighted by atomic mass is 32.1. The van der Waals surface area contributed by atoms with Gasteiger partial charge in [-0.25, -0.2) is 0 Å². The minimum atomic E-state index is -0.143. The van der Waals surface area contributed by atoms with Crippen LogP contribution in [0.5, 0.6) is 11.5 Å². The quantitative estimate of drug-likeness (QED) is 0.657. The van der Waals surface area contributed by atoms with E-state index in [1.165, 1.54) is 0 Å². The summed E-state index contributed by atoms with van der Waals surface area (Å²) >= 11 is 6.80. The van der Waals surface area contributed by atoms with Gasteiger partial charge in [-0.15, -0.1) is 11.3 Å². The van der Waals surface area contributed by atoms with Gasteiger partial charge in [-0.3, -0.25) is 14.5 Å². The molecule has 0 spiro atoms. The Bertz CT molecular complexity index is 978. The van der Waals surface area contributed by atoms with Gasteiger partial charge in [0.15, 0.2) is 22.1 Å². The largest absolute Gasteiger partial charge is 0.486 e. The number of carbonyl (C=O) groups excluding carboxylic acids is 1. The topological polar surface area (TPSA) is 81.2 Å². The molecule has 1 aliphatic rings. The van der Waals surface area contributed by atoms with E-state index >= 15 is 0 Å². The average Bonchev–Trinajstić information content (AvgIpc) is 3.30. The fraction of sp³-hybridized carbons (Fsp3) is 0.235. The van der Waals surface area contributed by atoms with Crippen molar-refractivity contribution >= 4 is 29.5 Å². The van der Waals surface area contributed by atoms with Crippen molar-refractivity contribution in [3.8, 4) is 22.2 Å². The molecular formula is C17H16N4O3S2. The van der Waals surface area contributed by atoms with Crippen LogP contribution in [0.2, 0.25) is 0 Å². The fourth-order valence-electron chi connectivity index (χ4n) is 2.66. The number of fused-ring (bicyclic) bond motifs is 1. The molecule has 7 nitrogen and oxygen atoms in total. The molecule has 3 aromatic rings. The number of H-pyrrole nitrogens is 1. The predicted molar refractivity (Wildman–Crippen MR) is 100 cm³/mol. The number of nitrogens with one attached hydrogen (secondary N) is 2. The molecule has 1 amide bonds. The third-order valence-corrected chi connectivity index (χ3v) is 5.08. The number of nitrogens with zero attached hydrogens (tertiary/aromatic N) is 2. The van der Waals surface area contributed by atoms with E-state index in [1.807, 2.05) is 35.7 Å². The van der Waals surface area contributed by atoms with E-state index in [0.717, 1.165) is 16.2 Å². The van der Waals surface area contributed by atoms with Crippen molar-refractivity contribution in [3.63, 3.8) is 0 Å². The average molecular weight is 388 g/mol. The van der Waals surface area contributed by atoms with Crippen molar-refractivity contribution in [1.82, 2.24) is 20.1 Å². The molecular weight excluding hydrogens is 372 g/mol. The smallest absolute Gasteiger partial charge is 0.240 e. The zero-order chi connectivity index (χ0) is 17.9. The molecule has 0 saturated heterocycles. The Kier molecular flexibility index (Phi) is 4.72. The third-order valence-electron chi connectivity index (χ3n) is 3.90. The maximum absolute atomic E-state index is 12.4. The predicted octanol–water partition coefficient (Wildman–Crippen LogP) is 2.76. The Morgan fingerprint density at radius 2 is 2.15 bits per heavy atom. The molecule has 0 atom stereocenters. The molecule has 0 bridgehead atoms. The highest BCUT2D eigenvalue weighted by Gasteiger charge is 2.14. The number of benzene rings is 1. The van der Waals surface area contributed by atoms with Gasteiger partial charge in [0, 0.05) is 6.54 Å². The molecule has 2 aromatic heterocycles. The van der Waals surface area contributed by atoms with Crippen LogP contribution in [-0.2, 0) is 17.9 Å². The summed E-state index contributed by atoms with van der Waals surface area (Å²) in [7, 11) is 0. The second kappa shape index (κ2) is 7.30. The first-order valence-electron chi connectivity index (χ1n) is 8.05. The van der Waals surface area contributed by atoms with Crippen molar-refractivity contribution in [2.24, 2.45) is 0 Å². The molecule has 0 fully saturated rings. The summed E-state index contributed by atoms with van der Waals surface area (Å²) < 4.78 is 13.2. The number of aromatic amines is 1. The maximum Gasteiger partial charge on any atom is 0.240 e. The molecule has 3 heterocycles. The van der Waals surface area contributed by atoms with Crippen molar-refractivity contribution in [1.29, 1.82) is 0 Å². The van der Waals surface area contributed by atoms with Gasteiger partial charge in [0.25, 0.3) is 0 Å². The molecule has 134 valence electrons. The molecule has 0 saturated carbocycles. The fourth-order valence-corrected chi connectivity index (χ4v) is 3.57. The van der Waals surface area contributed by atoms with E-state index in [1.54, 1.807) is 15.9 Å². The van der Waals surface area contributed by atoms with Crippen molar-refractivity contribution in [2.75, 3.05) is 13.2 Å². The first kappa shape index (κ1) is 16.8. The molecule has 0 aliphatic carbocycles. The maximum atomic E-state index is 12.4. The molecule has 4 rings (SSSR count). The number of ether oxygens (including phenoxy) is 2. The minimum Gasteiger partial charge on any atom is -0.486 e. The Morgan fingerprint density at radius 3 is 2.96 bits per heavy atom. The first-order valence-corrected chi connectivity index (χ1v) is 9.34. The summed E-state index contributed by atoms with van der Waals surface area (Å²) in [6.45, 7) is 1.59. The van der Waals surface area contributed by atoms with Crippen LogP contribution in [0.15, 0.2) is 35.7 Å². The Labute approximate surface area is 158 Å². The van der Waals surface area contributed by atoms with Gasteiger partial charge in [-0.1, -0.05) is 12.1 Å². The van der Waals surface area contributed by atoms with Crippen LogP contribution in [0.25, 0.3) is 10.7 Å². The van der Waals surface area contributed by atoms with Gasteiger partial charge in [0.1, 0.15) is 19.8 Å². The van der Waals surface area contributed by atoms with Crippen LogP contribution in [0.3, 0.4) is 0 Å². The highest BCUT2D eigenvalue weighted by molar-refractivity contribution is 7.71. The standard InChI is InChI=1S/C17H16N4O3S2/c22-15(10-21-16(19-20-17(21)25)14-2-1-7-26-14)18-9-11-3-4-12-13(8-11)24-6-5-23-12/h1-4,7-8H,5-6,9-10H2,(H,18,22)(H,20,25). The lowest BCUT2D eigenvalue weighted by atomic mass is 10.2. The Hall–Kier alpha value is -2.65. The Morgan fingerprint density at radius 1 is 1.31 bits per heavy atom. The Balaban J connectivity index is 1.42. The van der Waals surface area contributed by atoms with Crippen LogP contribution >= 0.6 is 23.6 Å². The number of carbonyl (C=O) groups is 1. The van der Waals surface area contributed by atoms with Gasteiger partial charge < -0.3 is 14.8 Å². The number of rotatable bonds is 5. The lowest BCUT2D eigenvalue weighted by Crippen LogP contribution is -2.27.